The summed E-state index contributed by atoms with van der Waals surface area (Å²) in [6.07, 6.45) is -0.357. The van der Waals surface area contributed by atoms with Crippen molar-refractivity contribution in [3.63, 3.8) is 0 Å². The monoisotopic (exact) mass is 409 g/mol. The van der Waals surface area contributed by atoms with Gasteiger partial charge in [-0.15, -0.1) is 0 Å². The SMILES string of the molecule is CC(=O)OC(C)n1c2ccc(Br)cc2c2cc(Br)ccc21. The summed E-state index contributed by atoms with van der Waals surface area (Å²) in [5, 5.41) is 2.25. The summed E-state index contributed by atoms with van der Waals surface area (Å²) in [6, 6.07) is 12.2. The van der Waals surface area contributed by atoms with Crippen molar-refractivity contribution in [3.05, 3.63) is 45.3 Å². The highest BCUT2D eigenvalue weighted by molar-refractivity contribution is 9.10. The molecule has 3 aromatic rings. The third-order valence-corrected chi connectivity index (χ3v) is 4.41. The van der Waals surface area contributed by atoms with E-state index in [4.69, 9.17) is 4.74 Å². The van der Waals surface area contributed by atoms with Gasteiger partial charge in [-0.25, -0.2) is 0 Å². The van der Waals surface area contributed by atoms with E-state index in [-0.39, 0.29) is 12.2 Å². The maximum absolute atomic E-state index is 11.3. The first-order chi connectivity index (χ1) is 9.97. The van der Waals surface area contributed by atoms with Crippen molar-refractivity contribution in [3.8, 4) is 0 Å². The largest absolute Gasteiger partial charge is 0.442 e. The fourth-order valence-corrected chi connectivity index (χ4v) is 3.40. The second-order valence-corrected chi connectivity index (χ2v) is 6.73. The molecular weight excluding hydrogens is 398 g/mol. The van der Waals surface area contributed by atoms with Gasteiger partial charge in [-0.05, 0) is 43.3 Å². The van der Waals surface area contributed by atoms with Crippen LogP contribution in [0, 0.1) is 0 Å². The standard InChI is InChI=1S/C16H13Br2NO2/c1-9(21-10(2)20)19-15-5-3-11(17)7-13(15)14-8-12(18)4-6-16(14)19/h3-9H,1-2H3. The van der Waals surface area contributed by atoms with Gasteiger partial charge in [0.05, 0.1) is 11.0 Å². The van der Waals surface area contributed by atoms with E-state index < -0.39 is 0 Å². The zero-order valence-corrected chi connectivity index (χ0v) is 14.7. The predicted octanol–water partition coefficient (Wildman–Crippen LogP) is 5.40. The molecule has 0 aliphatic rings. The number of ether oxygens (including phenoxy) is 1. The predicted molar refractivity (Wildman–Crippen MR) is 91.3 cm³/mol. The molecule has 0 radical (unpaired) electrons. The number of carbonyl (C=O) groups excluding carboxylic acids is 1. The Morgan fingerprint density at radius 2 is 1.52 bits per heavy atom. The Bertz CT molecular complexity index is 795. The number of hydrogen-bond acceptors (Lipinski definition) is 2. The summed E-state index contributed by atoms with van der Waals surface area (Å²) in [7, 11) is 0. The van der Waals surface area contributed by atoms with E-state index in [0.29, 0.717) is 0 Å². The summed E-state index contributed by atoms with van der Waals surface area (Å²) >= 11 is 7.03. The number of carbonyl (C=O) groups is 1. The molecule has 1 aromatic heterocycles. The Morgan fingerprint density at radius 3 is 1.95 bits per heavy atom. The number of aromatic nitrogens is 1. The molecule has 0 spiro atoms. The van der Waals surface area contributed by atoms with Gasteiger partial charge in [-0.3, -0.25) is 4.79 Å². The average Bonchev–Trinajstić information content (AvgIpc) is 2.71. The van der Waals surface area contributed by atoms with Crippen LogP contribution in [-0.4, -0.2) is 10.5 Å². The van der Waals surface area contributed by atoms with Gasteiger partial charge >= 0.3 is 5.97 Å². The maximum Gasteiger partial charge on any atom is 0.304 e. The minimum absolute atomic E-state index is 0.285. The Balaban J connectivity index is 2.37. The molecule has 5 heteroatoms. The molecule has 108 valence electrons. The molecule has 1 unspecified atom stereocenters. The van der Waals surface area contributed by atoms with E-state index in [1.165, 1.54) is 6.92 Å². The van der Waals surface area contributed by atoms with Crippen LogP contribution in [0.5, 0.6) is 0 Å². The molecule has 0 fully saturated rings. The van der Waals surface area contributed by atoms with Crippen molar-refractivity contribution in [2.45, 2.75) is 20.1 Å². The zero-order chi connectivity index (χ0) is 15.1. The van der Waals surface area contributed by atoms with Gasteiger partial charge < -0.3 is 9.30 Å². The van der Waals surface area contributed by atoms with Crippen LogP contribution in [0.3, 0.4) is 0 Å². The van der Waals surface area contributed by atoms with Crippen LogP contribution >= 0.6 is 31.9 Å². The molecular formula is C16H13Br2NO2. The molecule has 0 amide bonds. The van der Waals surface area contributed by atoms with Crippen molar-refractivity contribution < 1.29 is 9.53 Å². The normalized spacial score (nSPS) is 12.8. The van der Waals surface area contributed by atoms with E-state index in [9.17, 15) is 4.79 Å². The summed E-state index contributed by atoms with van der Waals surface area (Å²) in [4.78, 5) is 11.3. The molecule has 0 aliphatic carbocycles. The number of benzene rings is 2. The summed E-state index contributed by atoms with van der Waals surface area (Å²) in [6.45, 7) is 3.31. The number of halogens is 2. The zero-order valence-electron chi connectivity index (χ0n) is 11.6. The first kappa shape index (κ1) is 14.6. The van der Waals surface area contributed by atoms with E-state index in [1.54, 1.807) is 0 Å². The fourth-order valence-electron chi connectivity index (χ4n) is 2.68. The van der Waals surface area contributed by atoms with Crippen molar-refractivity contribution in [1.29, 1.82) is 0 Å². The Labute approximate surface area is 139 Å². The Morgan fingerprint density at radius 1 is 1.05 bits per heavy atom. The second kappa shape index (κ2) is 5.46. The second-order valence-electron chi connectivity index (χ2n) is 4.90. The summed E-state index contributed by atoms with van der Waals surface area (Å²) in [5.74, 6) is -0.285. The fraction of sp³-hybridized carbons (Fsp3) is 0.188. The van der Waals surface area contributed by atoms with Crippen LogP contribution < -0.4 is 0 Å². The number of hydrogen-bond donors (Lipinski definition) is 0. The minimum Gasteiger partial charge on any atom is -0.442 e. The smallest absolute Gasteiger partial charge is 0.304 e. The number of esters is 1. The number of nitrogens with zero attached hydrogens (tertiary/aromatic N) is 1. The molecule has 21 heavy (non-hydrogen) atoms. The molecule has 1 atom stereocenters. The highest BCUT2D eigenvalue weighted by Gasteiger charge is 2.17. The third-order valence-electron chi connectivity index (χ3n) is 3.43. The molecule has 3 rings (SSSR count). The molecule has 0 saturated heterocycles. The van der Waals surface area contributed by atoms with Crippen LogP contribution in [0.15, 0.2) is 45.3 Å². The lowest BCUT2D eigenvalue weighted by atomic mass is 10.2. The van der Waals surface area contributed by atoms with Crippen LogP contribution in [0.1, 0.15) is 20.1 Å². The molecule has 0 aliphatic heterocycles. The summed E-state index contributed by atoms with van der Waals surface area (Å²) in [5.41, 5.74) is 2.08. The molecule has 3 nitrogen and oxygen atoms in total. The molecule has 0 N–H and O–H groups in total. The Kier molecular flexibility index (Phi) is 3.80. The van der Waals surface area contributed by atoms with E-state index in [0.717, 1.165) is 30.8 Å². The average molecular weight is 411 g/mol. The van der Waals surface area contributed by atoms with Gasteiger partial charge in [0.2, 0.25) is 0 Å². The topological polar surface area (TPSA) is 31.2 Å². The number of rotatable bonds is 2. The molecule has 1 heterocycles. The van der Waals surface area contributed by atoms with E-state index in [2.05, 4.69) is 44.0 Å². The van der Waals surface area contributed by atoms with E-state index in [1.807, 2.05) is 35.8 Å². The lowest BCUT2D eigenvalue weighted by Gasteiger charge is -2.16. The maximum atomic E-state index is 11.3. The van der Waals surface area contributed by atoms with Gasteiger partial charge in [0.15, 0.2) is 6.23 Å². The molecule has 0 bridgehead atoms. The van der Waals surface area contributed by atoms with Crippen molar-refractivity contribution in [1.82, 2.24) is 4.57 Å². The van der Waals surface area contributed by atoms with Crippen molar-refractivity contribution in [2.24, 2.45) is 0 Å². The van der Waals surface area contributed by atoms with E-state index >= 15 is 0 Å². The van der Waals surface area contributed by atoms with Crippen molar-refractivity contribution in [2.75, 3.05) is 0 Å². The minimum atomic E-state index is -0.357. The first-order valence-electron chi connectivity index (χ1n) is 6.53. The lowest BCUT2D eigenvalue weighted by Crippen LogP contribution is -2.12. The van der Waals surface area contributed by atoms with Gasteiger partial charge in [0.1, 0.15) is 0 Å². The molecule has 0 saturated carbocycles. The highest BCUT2D eigenvalue weighted by Crippen LogP contribution is 2.35. The first-order valence-corrected chi connectivity index (χ1v) is 8.12. The quantitative estimate of drug-likeness (QED) is 0.529. The van der Waals surface area contributed by atoms with Gasteiger partial charge in [-0.2, -0.15) is 0 Å². The molecule has 2 aromatic carbocycles. The third kappa shape index (κ3) is 2.60. The van der Waals surface area contributed by atoms with Crippen LogP contribution in [0.25, 0.3) is 21.8 Å². The van der Waals surface area contributed by atoms with Crippen molar-refractivity contribution >= 4 is 59.6 Å². The van der Waals surface area contributed by atoms with Gasteiger partial charge in [0.25, 0.3) is 0 Å². The van der Waals surface area contributed by atoms with Crippen LogP contribution in [-0.2, 0) is 9.53 Å². The highest BCUT2D eigenvalue weighted by atomic mass is 79.9. The van der Waals surface area contributed by atoms with Gasteiger partial charge in [0, 0.05) is 26.6 Å². The van der Waals surface area contributed by atoms with Crippen LogP contribution in [0.4, 0.5) is 0 Å². The lowest BCUT2D eigenvalue weighted by molar-refractivity contribution is -0.149. The van der Waals surface area contributed by atoms with Crippen LogP contribution in [0.2, 0.25) is 0 Å². The Hall–Kier alpha value is -1.33. The number of fused-ring (bicyclic) bond motifs is 3. The summed E-state index contributed by atoms with van der Waals surface area (Å²) < 4.78 is 9.46. The van der Waals surface area contributed by atoms with Gasteiger partial charge in [-0.1, -0.05) is 31.9 Å².